The average Bonchev–Trinajstić information content (AvgIpc) is 3.35. The third-order valence-corrected chi connectivity index (χ3v) is 4.18. The number of Topliss-reactive ketones (excluding diaryl/α,β-unsaturated/α-hetero) is 1. The minimum Gasteiger partial charge on any atom is -0.299 e. The fraction of sp³-hybridized carbons (Fsp3) is 0.353. The predicted molar refractivity (Wildman–Crippen MR) is 82.6 cm³/mol. The molecule has 0 aromatic heterocycles. The maximum absolute atomic E-state index is 12.7. The molecule has 1 saturated carbocycles. The number of ketones is 1. The predicted octanol–water partition coefficient (Wildman–Crippen LogP) is 1.47. The monoisotopic (exact) mass is 325 g/mol. The Bertz CT molecular complexity index is 791. The molecule has 7 heteroatoms. The second-order valence-electron chi connectivity index (χ2n) is 6.05. The highest BCUT2D eigenvalue weighted by atomic mass is 16.2. The summed E-state index contributed by atoms with van der Waals surface area (Å²) in [7, 11) is 0. The highest BCUT2D eigenvalue weighted by molar-refractivity contribution is 6.34. The molecule has 24 heavy (non-hydrogen) atoms. The zero-order valence-corrected chi connectivity index (χ0v) is 13.1. The second kappa shape index (κ2) is 5.89. The van der Waals surface area contributed by atoms with E-state index in [1.807, 2.05) is 6.07 Å². The van der Waals surface area contributed by atoms with E-state index in [1.54, 1.807) is 6.07 Å². The number of anilines is 1. The van der Waals surface area contributed by atoms with Gasteiger partial charge in [-0.2, -0.15) is 5.26 Å². The van der Waals surface area contributed by atoms with Crippen molar-refractivity contribution < 1.29 is 19.2 Å². The van der Waals surface area contributed by atoms with Crippen molar-refractivity contribution in [1.29, 1.82) is 5.26 Å². The molecule has 1 aliphatic carbocycles. The largest absolute Gasteiger partial charge is 0.338 e. The number of rotatable bonds is 4. The first-order valence-electron chi connectivity index (χ1n) is 7.64. The summed E-state index contributed by atoms with van der Waals surface area (Å²) in [5, 5.41) is 9.00. The van der Waals surface area contributed by atoms with Gasteiger partial charge in [-0.05, 0) is 43.9 Å². The van der Waals surface area contributed by atoms with E-state index in [1.165, 1.54) is 18.2 Å². The SMILES string of the molecule is CC(=O)C1C(=O)N(CC2CC2)C(=O)N(c2cccc(C#N)c2)C1=O. The van der Waals surface area contributed by atoms with Gasteiger partial charge < -0.3 is 0 Å². The molecular formula is C17H15N3O4. The summed E-state index contributed by atoms with van der Waals surface area (Å²) in [6.45, 7) is 1.37. The molecule has 0 bridgehead atoms. The molecule has 2 fully saturated rings. The van der Waals surface area contributed by atoms with Crippen LogP contribution in [-0.4, -0.2) is 35.1 Å². The Kier molecular flexibility index (Phi) is 3.89. The van der Waals surface area contributed by atoms with Crippen molar-refractivity contribution >= 4 is 29.3 Å². The van der Waals surface area contributed by atoms with Crippen LogP contribution in [0.3, 0.4) is 0 Å². The Labute approximate surface area is 138 Å². The standard InChI is InChI=1S/C17H15N3O4/c1-10(21)14-15(22)19(9-11-5-6-11)17(24)20(16(14)23)13-4-2-3-12(7-13)8-18/h2-4,7,11,14H,5-6,9H2,1H3. The van der Waals surface area contributed by atoms with Gasteiger partial charge in [0.1, 0.15) is 0 Å². The molecule has 7 nitrogen and oxygen atoms in total. The van der Waals surface area contributed by atoms with Crippen LogP contribution in [-0.2, 0) is 14.4 Å². The molecule has 122 valence electrons. The number of hydrogen-bond acceptors (Lipinski definition) is 5. The van der Waals surface area contributed by atoms with Crippen molar-refractivity contribution in [3.05, 3.63) is 29.8 Å². The van der Waals surface area contributed by atoms with Crippen LogP contribution in [0.1, 0.15) is 25.3 Å². The van der Waals surface area contributed by atoms with E-state index < -0.39 is 29.5 Å². The summed E-state index contributed by atoms with van der Waals surface area (Å²) in [4.78, 5) is 51.4. The van der Waals surface area contributed by atoms with Crippen LogP contribution in [0.2, 0.25) is 0 Å². The van der Waals surface area contributed by atoms with Gasteiger partial charge in [0.2, 0.25) is 0 Å². The third-order valence-electron chi connectivity index (χ3n) is 4.18. The van der Waals surface area contributed by atoms with Crippen LogP contribution < -0.4 is 4.90 Å². The van der Waals surface area contributed by atoms with E-state index >= 15 is 0 Å². The lowest BCUT2D eigenvalue weighted by Crippen LogP contribution is -2.62. The van der Waals surface area contributed by atoms with E-state index in [0.29, 0.717) is 0 Å². The first-order valence-corrected chi connectivity index (χ1v) is 7.64. The van der Waals surface area contributed by atoms with Gasteiger partial charge in [0.15, 0.2) is 11.7 Å². The summed E-state index contributed by atoms with van der Waals surface area (Å²) < 4.78 is 0. The number of amides is 4. The number of benzene rings is 1. The van der Waals surface area contributed by atoms with Crippen molar-refractivity contribution in [3.63, 3.8) is 0 Å². The number of barbiturate groups is 1. The second-order valence-corrected chi connectivity index (χ2v) is 6.05. The number of nitriles is 1. The summed E-state index contributed by atoms with van der Waals surface area (Å²) in [6, 6.07) is 7.14. The zero-order chi connectivity index (χ0) is 17.4. The van der Waals surface area contributed by atoms with Crippen molar-refractivity contribution in [2.75, 3.05) is 11.4 Å². The molecule has 0 N–H and O–H groups in total. The van der Waals surface area contributed by atoms with Gasteiger partial charge in [-0.25, -0.2) is 9.69 Å². The molecule has 1 aliphatic heterocycles. The van der Waals surface area contributed by atoms with Gasteiger partial charge in [-0.3, -0.25) is 19.3 Å². The first-order chi connectivity index (χ1) is 11.4. The molecular weight excluding hydrogens is 310 g/mol. The molecule has 1 saturated heterocycles. The van der Waals surface area contributed by atoms with Gasteiger partial charge in [0.25, 0.3) is 11.8 Å². The lowest BCUT2D eigenvalue weighted by Gasteiger charge is -2.36. The van der Waals surface area contributed by atoms with E-state index in [0.717, 1.165) is 29.6 Å². The van der Waals surface area contributed by atoms with E-state index in [2.05, 4.69) is 0 Å². The maximum atomic E-state index is 12.7. The van der Waals surface area contributed by atoms with Crippen LogP contribution >= 0.6 is 0 Å². The van der Waals surface area contributed by atoms with Crippen molar-refractivity contribution in [1.82, 2.24) is 4.90 Å². The highest BCUT2D eigenvalue weighted by Crippen LogP contribution is 2.33. The molecule has 0 spiro atoms. The van der Waals surface area contributed by atoms with Gasteiger partial charge in [0.05, 0.1) is 17.3 Å². The van der Waals surface area contributed by atoms with Crippen LogP contribution in [0.15, 0.2) is 24.3 Å². The Morgan fingerprint density at radius 1 is 1.25 bits per heavy atom. The molecule has 3 rings (SSSR count). The van der Waals surface area contributed by atoms with Gasteiger partial charge in [-0.1, -0.05) is 6.07 Å². The number of carbonyl (C=O) groups excluding carboxylic acids is 4. The van der Waals surface area contributed by atoms with Gasteiger partial charge in [0, 0.05) is 6.54 Å². The lowest BCUT2D eigenvalue weighted by atomic mass is 9.98. The molecule has 0 radical (unpaired) electrons. The van der Waals surface area contributed by atoms with Crippen molar-refractivity contribution in [3.8, 4) is 6.07 Å². The molecule has 1 aromatic rings. The Hall–Kier alpha value is -3.01. The van der Waals surface area contributed by atoms with Gasteiger partial charge >= 0.3 is 6.03 Å². The molecule has 1 aromatic carbocycles. The number of carbonyl (C=O) groups is 4. The average molecular weight is 325 g/mol. The number of imide groups is 2. The Morgan fingerprint density at radius 3 is 2.54 bits per heavy atom. The molecule has 1 unspecified atom stereocenters. The first kappa shape index (κ1) is 15.9. The summed E-state index contributed by atoms with van der Waals surface area (Å²) >= 11 is 0. The number of nitrogens with zero attached hydrogens (tertiary/aromatic N) is 3. The fourth-order valence-corrected chi connectivity index (χ4v) is 2.73. The highest BCUT2D eigenvalue weighted by Gasteiger charge is 2.49. The minimum atomic E-state index is -1.51. The lowest BCUT2D eigenvalue weighted by molar-refractivity contribution is -0.145. The summed E-state index contributed by atoms with van der Waals surface area (Å²) in [6.07, 6.45) is 1.83. The van der Waals surface area contributed by atoms with E-state index in [9.17, 15) is 19.2 Å². The molecule has 1 heterocycles. The Balaban J connectivity index is 2.03. The molecule has 2 aliphatic rings. The molecule has 1 atom stereocenters. The smallest absolute Gasteiger partial charge is 0.299 e. The Morgan fingerprint density at radius 2 is 1.96 bits per heavy atom. The summed E-state index contributed by atoms with van der Waals surface area (Å²) in [5.41, 5.74) is 0.460. The minimum absolute atomic E-state index is 0.184. The quantitative estimate of drug-likeness (QED) is 0.781. The van der Waals surface area contributed by atoms with Crippen LogP contribution in [0.5, 0.6) is 0 Å². The van der Waals surface area contributed by atoms with Crippen molar-refractivity contribution in [2.24, 2.45) is 11.8 Å². The third kappa shape index (κ3) is 2.67. The maximum Gasteiger partial charge on any atom is 0.338 e. The van der Waals surface area contributed by atoms with Crippen LogP contribution in [0.4, 0.5) is 10.5 Å². The summed E-state index contributed by atoms with van der Waals surface area (Å²) in [5.74, 6) is -3.49. The number of hydrogen-bond donors (Lipinski definition) is 0. The van der Waals surface area contributed by atoms with Gasteiger partial charge in [-0.15, -0.1) is 0 Å². The van der Waals surface area contributed by atoms with Crippen LogP contribution in [0, 0.1) is 23.2 Å². The van der Waals surface area contributed by atoms with E-state index in [4.69, 9.17) is 5.26 Å². The van der Waals surface area contributed by atoms with Crippen molar-refractivity contribution in [2.45, 2.75) is 19.8 Å². The topological polar surface area (TPSA) is 98.6 Å². The normalized spacial score (nSPS) is 21.0. The van der Waals surface area contributed by atoms with E-state index in [-0.39, 0.29) is 23.7 Å². The number of urea groups is 1. The van der Waals surface area contributed by atoms with Crippen LogP contribution in [0.25, 0.3) is 0 Å². The zero-order valence-electron chi connectivity index (χ0n) is 13.1. The molecule has 4 amide bonds. The fourth-order valence-electron chi connectivity index (χ4n) is 2.73.